The topological polar surface area (TPSA) is 49.9 Å². The highest BCUT2D eigenvalue weighted by molar-refractivity contribution is 5.82. The molecule has 0 N–H and O–H groups in total. The zero-order valence-corrected chi connectivity index (χ0v) is 11.6. The maximum absolute atomic E-state index is 12.5. The van der Waals surface area contributed by atoms with E-state index >= 15 is 0 Å². The maximum Gasteiger partial charge on any atom is 0.416 e. The third-order valence-electron chi connectivity index (χ3n) is 2.40. The molecule has 1 aromatic carbocycles. The van der Waals surface area contributed by atoms with Gasteiger partial charge in [0, 0.05) is 14.1 Å². The van der Waals surface area contributed by atoms with Crippen LogP contribution in [0.2, 0.25) is 0 Å². The number of benzene rings is 1. The first-order valence-corrected chi connectivity index (χ1v) is 5.98. The van der Waals surface area contributed by atoms with Crippen molar-refractivity contribution in [1.82, 2.24) is 9.80 Å². The molecule has 0 aliphatic rings. The lowest BCUT2D eigenvalue weighted by atomic mass is 10.3. The molecule has 8 heteroatoms. The number of ether oxygens (including phenoxy) is 1. The van der Waals surface area contributed by atoms with E-state index in [1.54, 1.807) is 18.2 Å². The van der Waals surface area contributed by atoms with Gasteiger partial charge in [-0.3, -0.25) is 9.69 Å². The van der Waals surface area contributed by atoms with E-state index in [0.29, 0.717) is 4.90 Å². The van der Waals surface area contributed by atoms with Gasteiger partial charge >= 0.3 is 12.3 Å². The lowest BCUT2D eigenvalue weighted by Crippen LogP contribution is -2.46. The van der Waals surface area contributed by atoms with Crippen molar-refractivity contribution in [2.24, 2.45) is 0 Å². The average molecular weight is 304 g/mol. The molecular formula is C13H15F3N2O3. The number of carbonyl (C=O) groups excluding carboxylic acids is 2. The highest BCUT2D eigenvalue weighted by Gasteiger charge is 2.35. The minimum absolute atomic E-state index is 0.104. The van der Waals surface area contributed by atoms with Crippen molar-refractivity contribution in [2.75, 3.05) is 27.2 Å². The molecule has 0 aliphatic carbocycles. The predicted octanol–water partition coefficient (Wildman–Crippen LogP) is 2.14. The molecule has 0 spiro atoms. The Hall–Kier alpha value is -2.25. The van der Waals surface area contributed by atoms with Crippen LogP contribution in [0.25, 0.3) is 0 Å². The van der Waals surface area contributed by atoms with E-state index in [4.69, 9.17) is 4.74 Å². The zero-order chi connectivity index (χ0) is 16.0. The van der Waals surface area contributed by atoms with Gasteiger partial charge in [0.15, 0.2) is 0 Å². The van der Waals surface area contributed by atoms with Gasteiger partial charge in [-0.05, 0) is 12.1 Å². The lowest BCUT2D eigenvalue weighted by Gasteiger charge is -2.24. The first kappa shape index (κ1) is 16.8. The van der Waals surface area contributed by atoms with Crippen molar-refractivity contribution in [3.63, 3.8) is 0 Å². The van der Waals surface area contributed by atoms with Crippen molar-refractivity contribution < 1.29 is 27.5 Å². The van der Waals surface area contributed by atoms with Gasteiger partial charge < -0.3 is 9.64 Å². The molecule has 1 aromatic rings. The Bertz CT molecular complexity index is 489. The highest BCUT2D eigenvalue weighted by Crippen LogP contribution is 2.18. The van der Waals surface area contributed by atoms with Crippen LogP contribution >= 0.6 is 0 Å². The second-order valence-electron chi connectivity index (χ2n) is 4.44. The molecule has 0 atom stereocenters. The summed E-state index contributed by atoms with van der Waals surface area (Å²) in [5, 5.41) is 0. The number of halogens is 3. The molecule has 0 bridgehead atoms. The maximum atomic E-state index is 12.5. The molecule has 0 saturated heterocycles. The Kier molecular flexibility index (Phi) is 5.57. The van der Waals surface area contributed by atoms with Crippen molar-refractivity contribution in [1.29, 1.82) is 0 Å². The van der Waals surface area contributed by atoms with E-state index in [1.807, 2.05) is 0 Å². The largest absolute Gasteiger partial charge is 0.416 e. The fourth-order valence-corrected chi connectivity index (χ4v) is 1.36. The van der Waals surface area contributed by atoms with Gasteiger partial charge in [0.1, 0.15) is 18.8 Å². The zero-order valence-electron chi connectivity index (χ0n) is 11.6. The number of hydrogen-bond donors (Lipinski definition) is 0. The number of nitrogens with zero attached hydrogens (tertiary/aromatic N) is 2. The van der Waals surface area contributed by atoms with Crippen LogP contribution < -0.4 is 4.74 Å². The van der Waals surface area contributed by atoms with Crippen LogP contribution in [0.3, 0.4) is 0 Å². The molecule has 2 amide bonds. The van der Waals surface area contributed by atoms with Gasteiger partial charge in [0.25, 0.3) is 0 Å². The molecule has 0 aliphatic heterocycles. The molecule has 0 radical (unpaired) electrons. The molecule has 21 heavy (non-hydrogen) atoms. The molecular weight excluding hydrogens is 289 g/mol. The molecule has 0 heterocycles. The first-order valence-electron chi connectivity index (χ1n) is 5.98. The third kappa shape index (κ3) is 6.15. The van der Waals surface area contributed by atoms with Gasteiger partial charge in [0.2, 0.25) is 5.91 Å². The number of rotatable bonds is 4. The monoisotopic (exact) mass is 304 g/mol. The number of hydrogen-bond acceptors (Lipinski definition) is 3. The standard InChI is InChI=1S/C13H15F3N2O3/c1-17(2)11(19)8-18(9-13(14,15)16)12(20)21-10-6-4-3-5-7-10/h3-7H,8-9H2,1-2H3. The number of amides is 2. The van der Waals surface area contributed by atoms with Gasteiger partial charge in [-0.25, -0.2) is 4.79 Å². The minimum Gasteiger partial charge on any atom is -0.410 e. The second kappa shape index (κ2) is 6.96. The van der Waals surface area contributed by atoms with Crippen molar-refractivity contribution in [3.05, 3.63) is 30.3 Å². The molecule has 0 aromatic heterocycles. The molecule has 0 unspecified atom stereocenters. The van der Waals surface area contributed by atoms with Gasteiger partial charge in [0.05, 0.1) is 0 Å². The Balaban J connectivity index is 2.79. The SMILES string of the molecule is CN(C)C(=O)CN(CC(F)(F)F)C(=O)Oc1ccccc1. The third-order valence-corrected chi connectivity index (χ3v) is 2.40. The van der Waals surface area contributed by atoms with Crippen LogP contribution in [0.5, 0.6) is 5.75 Å². The van der Waals surface area contributed by atoms with Crippen molar-refractivity contribution in [2.45, 2.75) is 6.18 Å². The molecule has 0 saturated carbocycles. The van der Waals surface area contributed by atoms with Crippen LogP contribution in [0.4, 0.5) is 18.0 Å². The van der Waals surface area contributed by atoms with Crippen LogP contribution in [-0.4, -0.2) is 55.2 Å². The molecule has 116 valence electrons. The molecule has 5 nitrogen and oxygen atoms in total. The van der Waals surface area contributed by atoms with E-state index < -0.39 is 31.3 Å². The van der Waals surface area contributed by atoms with Gasteiger partial charge in [-0.2, -0.15) is 13.2 Å². The molecule has 1 rings (SSSR count). The number of para-hydroxylation sites is 1. The van der Waals surface area contributed by atoms with Gasteiger partial charge in [-0.1, -0.05) is 18.2 Å². The summed E-state index contributed by atoms with van der Waals surface area (Å²) in [7, 11) is 2.77. The average Bonchev–Trinajstić information content (AvgIpc) is 2.37. The quantitative estimate of drug-likeness (QED) is 0.856. The van der Waals surface area contributed by atoms with Crippen LogP contribution in [-0.2, 0) is 4.79 Å². The summed E-state index contributed by atoms with van der Waals surface area (Å²) in [6.45, 7) is -2.27. The Morgan fingerprint density at radius 2 is 1.71 bits per heavy atom. The van der Waals surface area contributed by atoms with E-state index in [9.17, 15) is 22.8 Å². The molecule has 0 fully saturated rings. The van der Waals surface area contributed by atoms with E-state index in [2.05, 4.69) is 0 Å². The minimum atomic E-state index is -4.62. The first-order chi connectivity index (χ1) is 9.69. The number of likely N-dealkylation sites (N-methyl/N-ethyl adjacent to an activating group) is 1. The normalized spacial score (nSPS) is 10.9. The number of alkyl halides is 3. The fourth-order valence-electron chi connectivity index (χ4n) is 1.36. The Morgan fingerprint density at radius 1 is 1.14 bits per heavy atom. The summed E-state index contributed by atoms with van der Waals surface area (Å²) in [5.74, 6) is -0.531. The van der Waals surface area contributed by atoms with Crippen molar-refractivity contribution in [3.8, 4) is 5.75 Å². The Morgan fingerprint density at radius 3 is 2.19 bits per heavy atom. The lowest BCUT2D eigenvalue weighted by molar-refractivity contribution is -0.146. The summed E-state index contributed by atoms with van der Waals surface area (Å²) < 4.78 is 42.3. The van der Waals surface area contributed by atoms with Crippen LogP contribution in [0.1, 0.15) is 0 Å². The van der Waals surface area contributed by atoms with E-state index in [1.165, 1.54) is 26.2 Å². The number of carbonyl (C=O) groups is 2. The van der Waals surface area contributed by atoms with Crippen molar-refractivity contribution >= 4 is 12.0 Å². The predicted molar refractivity (Wildman–Crippen MR) is 68.8 cm³/mol. The van der Waals surface area contributed by atoms with E-state index in [-0.39, 0.29) is 5.75 Å². The summed E-state index contributed by atoms with van der Waals surface area (Å²) in [6, 6.07) is 7.67. The Labute approximate surface area is 119 Å². The van der Waals surface area contributed by atoms with Crippen LogP contribution in [0.15, 0.2) is 30.3 Å². The summed E-state index contributed by atoms with van der Waals surface area (Å²) in [4.78, 5) is 24.7. The highest BCUT2D eigenvalue weighted by atomic mass is 19.4. The fraction of sp³-hybridized carbons (Fsp3) is 0.385. The second-order valence-corrected chi connectivity index (χ2v) is 4.44. The van der Waals surface area contributed by atoms with Crippen LogP contribution in [0, 0.1) is 0 Å². The summed E-state index contributed by atoms with van der Waals surface area (Å²) in [5.41, 5.74) is 0. The van der Waals surface area contributed by atoms with E-state index in [0.717, 1.165) is 4.90 Å². The van der Waals surface area contributed by atoms with Gasteiger partial charge in [-0.15, -0.1) is 0 Å². The summed E-state index contributed by atoms with van der Waals surface area (Å²) in [6.07, 6.45) is -5.85. The smallest absolute Gasteiger partial charge is 0.410 e. The summed E-state index contributed by atoms with van der Waals surface area (Å²) >= 11 is 0.